The molecule has 2 amide bonds. The van der Waals surface area contributed by atoms with E-state index in [1.807, 2.05) is 37.8 Å². The molecule has 0 spiro atoms. The number of hydrogen-bond acceptors (Lipinski definition) is 4. The van der Waals surface area contributed by atoms with Crippen LogP contribution in [0.2, 0.25) is 0 Å². The number of rotatable bonds is 6. The monoisotopic (exact) mass is 439 g/mol. The number of anilines is 1. The number of carbonyl (C=O) groups excluding carboxylic acids is 3. The molecule has 1 aliphatic rings. The van der Waals surface area contributed by atoms with E-state index >= 15 is 0 Å². The maximum atomic E-state index is 14.5. The SMILES string of the molecule is CC(=O)c1ccc(N2CCN(C(=O)[C@@H](NC(=O)c3cccc(C)c3)C(C)C)CC2)c(F)c1. The van der Waals surface area contributed by atoms with Crippen LogP contribution in [-0.4, -0.2) is 54.7 Å². The minimum atomic E-state index is -0.638. The maximum absolute atomic E-state index is 14.5. The van der Waals surface area contributed by atoms with Crippen LogP contribution in [0.15, 0.2) is 42.5 Å². The number of hydrogen-bond donors (Lipinski definition) is 1. The third-order valence-electron chi connectivity index (χ3n) is 5.79. The van der Waals surface area contributed by atoms with Crippen molar-refractivity contribution in [3.05, 3.63) is 65.0 Å². The normalized spacial score (nSPS) is 14.9. The summed E-state index contributed by atoms with van der Waals surface area (Å²) in [6, 6.07) is 11.1. The Morgan fingerprint density at radius 3 is 2.22 bits per heavy atom. The number of nitrogens with zero attached hydrogens (tertiary/aromatic N) is 2. The molecule has 1 heterocycles. The van der Waals surface area contributed by atoms with Crippen molar-refractivity contribution >= 4 is 23.3 Å². The molecular weight excluding hydrogens is 409 g/mol. The molecule has 2 aromatic rings. The average Bonchev–Trinajstić information content (AvgIpc) is 2.76. The summed E-state index contributed by atoms with van der Waals surface area (Å²) in [7, 11) is 0. The summed E-state index contributed by atoms with van der Waals surface area (Å²) >= 11 is 0. The Morgan fingerprint density at radius 2 is 1.66 bits per heavy atom. The average molecular weight is 440 g/mol. The quantitative estimate of drug-likeness (QED) is 0.700. The molecule has 0 aliphatic carbocycles. The highest BCUT2D eigenvalue weighted by Crippen LogP contribution is 2.23. The summed E-state index contributed by atoms with van der Waals surface area (Å²) in [4.78, 5) is 40.9. The first-order valence-corrected chi connectivity index (χ1v) is 10.9. The van der Waals surface area contributed by atoms with Crippen LogP contribution in [0.1, 0.15) is 47.1 Å². The summed E-state index contributed by atoms with van der Waals surface area (Å²) in [5.74, 6) is -1.10. The van der Waals surface area contributed by atoms with Gasteiger partial charge in [0.2, 0.25) is 5.91 Å². The van der Waals surface area contributed by atoms with Crippen molar-refractivity contribution in [1.29, 1.82) is 0 Å². The third-order valence-corrected chi connectivity index (χ3v) is 5.79. The molecule has 0 bridgehead atoms. The number of carbonyl (C=O) groups is 3. The van der Waals surface area contributed by atoms with Crippen molar-refractivity contribution in [3.63, 3.8) is 0 Å². The molecule has 0 radical (unpaired) electrons. The number of amides is 2. The van der Waals surface area contributed by atoms with Gasteiger partial charge in [0.15, 0.2) is 5.78 Å². The first kappa shape index (κ1) is 23.4. The lowest BCUT2D eigenvalue weighted by Crippen LogP contribution is -2.56. The van der Waals surface area contributed by atoms with Gasteiger partial charge in [-0.15, -0.1) is 0 Å². The predicted octanol–water partition coefficient (Wildman–Crippen LogP) is 3.44. The number of nitrogens with one attached hydrogen (secondary N) is 1. The zero-order valence-electron chi connectivity index (χ0n) is 19.0. The van der Waals surface area contributed by atoms with Crippen molar-refractivity contribution < 1.29 is 18.8 Å². The van der Waals surface area contributed by atoms with Gasteiger partial charge in [0.1, 0.15) is 11.9 Å². The standard InChI is InChI=1S/C25H30FN3O3/c1-16(2)23(27-24(31)20-7-5-6-17(3)14-20)25(32)29-12-10-28(11-13-29)22-9-8-19(18(4)30)15-21(22)26/h5-9,14-16,23H,10-13H2,1-4H3,(H,27,31)/t23-/m0/s1. The van der Waals surface area contributed by atoms with E-state index in [1.54, 1.807) is 29.2 Å². The highest BCUT2D eigenvalue weighted by molar-refractivity contribution is 5.98. The summed E-state index contributed by atoms with van der Waals surface area (Å²) in [5, 5.41) is 2.89. The molecule has 0 saturated carbocycles. The van der Waals surface area contributed by atoms with E-state index in [0.717, 1.165) is 5.56 Å². The van der Waals surface area contributed by atoms with Gasteiger partial charge in [-0.05, 0) is 50.1 Å². The fraction of sp³-hybridized carbons (Fsp3) is 0.400. The zero-order valence-corrected chi connectivity index (χ0v) is 19.0. The van der Waals surface area contributed by atoms with Crippen molar-refractivity contribution in [2.45, 2.75) is 33.7 Å². The fourth-order valence-electron chi connectivity index (χ4n) is 3.87. The maximum Gasteiger partial charge on any atom is 0.251 e. The molecule has 1 aliphatic heterocycles. The molecule has 0 unspecified atom stereocenters. The van der Waals surface area contributed by atoms with Gasteiger partial charge < -0.3 is 15.1 Å². The van der Waals surface area contributed by atoms with Gasteiger partial charge in [-0.3, -0.25) is 14.4 Å². The Bertz CT molecular complexity index is 1010. The first-order valence-electron chi connectivity index (χ1n) is 10.9. The predicted molar refractivity (Wildman–Crippen MR) is 122 cm³/mol. The van der Waals surface area contributed by atoms with Gasteiger partial charge in [-0.2, -0.15) is 0 Å². The van der Waals surface area contributed by atoms with Crippen molar-refractivity contribution in [2.24, 2.45) is 5.92 Å². The molecule has 1 fully saturated rings. The topological polar surface area (TPSA) is 69.7 Å². The molecule has 1 saturated heterocycles. The number of halogens is 1. The van der Waals surface area contributed by atoms with E-state index in [-0.39, 0.29) is 23.5 Å². The molecule has 2 aromatic carbocycles. The van der Waals surface area contributed by atoms with Crippen LogP contribution in [0.4, 0.5) is 10.1 Å². The number of piperazine rings is 1. The largest absolute Gasteiger partial charge is 0.366 e. The summed E-state index contributed by atoms with van der Waals surface area (Å²) < 4.78 is 14.5. The molecular formula is C25H30FN3O3. The first-order chi connectivity index (χ1) is 15.2. The minimum Gasteiger partial charge on any atom is -0.366 e. The summed E-state index contributed by atoms with van der Waals surface area (Å²) in [5.41, 5.74) is 2.27. The Balaban J connectivity index is 1.65. The van der Waals surface area contributed by atoms with Gasteiger partial charge in [0, 0.05) is 37.3 Å². The van der Waals surface area contributed by atoms with E-state index < -0.39 is 11.9 Å². The van der Waals surface area contributed by atoms with Crippen LogP contribution in [-0.2, 0) is 4.79 Å². The highest BCUT2D eigenvalue weighted by atomic mass is 19.1. The van der Waals surface area contributed by atoms with Gasteiger partial charge in [-0.1, -0.05) is 31.5 Å². The second-order valence-electron chi connectivity index (χ2n) is 8.60. The molecule has 0 aromatic heterocycles. The zero-order chi connectivity index (χ0) is 23.4. The molecule has 6 nitrogen and oxygen atoms in total. The summed E-state index contributed by atoms with van der Waals surface area (Å²) in [6.07, 6.45) is 0. The molecule has 170 valence electrons. The number of benzene rings is 2. The van der Waals surface area contributed by atoms with E-state index in [2.05, 4.69) is 5.32 Å². The Kier molecular flexibility index (Phi) is 7.28. The Hall–Kier alpha value is -3.22. The molecule has 3 rings (SSSR count). The highest BCUT2D eigenvalue weighted by Gasteiger charge is 2.31. The second kappa shape index (κ2) is 9.94. The molecule has 1 atom stereocenters. The minimum absolute atomic E-state index is 0.0779. The van der Waals surface area contributed by atoms with Gasteiger partial charge >= 0.3 is 0 Å². The Labute approximate surface area is 188 Å². The number of Topliss-reactive ketones (excluding diaryl/α,β-unsaturated/α-hetero) is 1. The van der Waals surface area contributed by atoms with E-state index in [9.17, 15) is 18.8 Å². The van der Waals surface area contributed by atoms with E-state index in [1.165, 1.54) is 13.0 Å². The lowest BCUT2D eigenvalue weighted by Gasteiger charge is -2.38. The van der Waals surface area contributed by atoms with Crippen LogP contribution >= 0.6 is 0 Å². The fourth-order valence-corrected chi connectivity index (χ4v) is 3.87. The number of aryl methyl sites for hydroxylation is 1. The van der Waals surface area contributed by atoms with E-state index in [0.29, 0.717) is 43.0 Å². The van der Waals surface area contributed by atoms with Crippen LogP contribution < -0.4 is 10.2 Å². The van der Waals surface area contributed by atoms with Crippen LogP contribution in [0.3, 0.4) is 0 Å². The van der Waals surface area contributed by atoms with Gasteiger partial charge in [0.25, 0.3) is 5.91 Å². The second-order valence-corrected chi connectivity index (χ2v) is 8.60. The van der Waals surface area contributed by atoms with Crippen LogP contribution in [0.25, 0.3) is 0 Å². The van der Waals surface area contributed by atoms with Crippen LogP contribution in [0, 0.1) is 18.7 Å². The summed E-state index contributed by atoms with van der Waals surface area (Å²) in [6.45, 7) is 8.92. The smallest absolute Gasteiger partial charge is 0.251 e. The van der Waals surface area contributed by atoms with Gasteiger partial charge in [0.05, 0.1) is 5.69 Å². The lowest BCUT2D eigenvalue weighted by atomic mass is 10.0. The van der Waals surface area contributed by atoms with Crippen molar-refractivity contribution in [1.82, 2.24) is 10.2 Å². The third kappa shape index (κ3) is 5.33. The van der Waals surface area contributed by atoms with Crippen molar-refractivity contribution in [2.75, 3.05) is 31.1 Å². The molecule has 7 heteroatoms. The van der Waals surface area contributed by atoms with Gasteiger partial charge in [-0.25, -0.2) is 4.39 Å². The molecule has 1 N–H and O–H groups in total. The Morgan fingerprint density at radius 1 is 0.969 bits per heavy atom. The number of ketones is 1. The van der Waals surface area contributed by atoms with Crippen molar-refractivity contribution in [3.8, 4) is 0 Å². The molecule has 32 heavy (non-hydrogen) atoms. The van der Waals surface area contributed by atoms with E-state index in [4.69, 9.17) is 0 Å². The van der Waals surface area contributed by atoms with Crippen LogP contribution in [0.5, 0.6) is 0 Å². The lowest BCUT2D eigenvalue weighted by molar-refractivity contribution is -0.134.